The maximum absolute atomic E-state index is 14.3. The van der Waals surface area contributed by atoms with Crippen molar-refractivity contribution < 1.29 is 13.9 Å². The second-order valence-electron chi connectivity index (χ2n) is 10.5. The predicted molar refractivity (Wildman–Crippen MR) is 149 cm³/mol. The smallest absolute Gasteiger partial charge is 0.233 e. The Morgan fingerprint density at radius 1 is 0.974 bits per heavy atom. The number of carbonyl (C=O) groups excluding carboxylic acids is 1. The lowest BCUT2D eigenvalue weighted by Gasteiger charge is -2.32. The fourth-order valence-electron chi connectivity index (χ4n) is 5.16. The summed E-state index contributed by atoms with van der Waals surface area (Å²) in [6.45, 7) is 4.38. The average molecular weight is 528 g/mol. The summed E-state index contributed by atoms with van der Waals surface area (Å²) in [5.74, 6) is 1.41. The Kier molecular flexibility index (Phi) is 10.5. The molecule has 1 aliphatic heterocycles. The molecule has 4 rings (SSSR count). The van der Waals surface area contributed by atoms with Crippen molar-refractivity contribution in [3.05, 3.63) is 24.0 Å². The lowest BCUT2D eigenvalue weighted by Crippen LogP contribution is -2.41. The molecule has 2 heterocycles. The number of nitrogens with one attached hydrogen (secondary N) is 3. The van der Waals surface area contributed by atoms with Gasteiger partial charge in [-0.3, -0.25) is 9.69 Å². The summed E-state index contributed by atoms with van der Waals surface area (Å²) in [5.41, 5.74) is 0.530. The zero-order valence-corrected chi connectivity index (χ0v) is 22.8. The van der Waals surface area contributed by atoms with Gasteiger partial charge in [-0.15, -0.1) is 0 Å². The first kappa shape index (κ1) is 28.0. The first-order valence-electron chi connectivity index (χ1n) is 14.2. The van der Waals surface area contributed by atoms with E-state index in [-0.39, 0.29) is 11.8 Å². The standard InChI is InChI=1S/C28H42FN7O2/c1-3-4-11-23(37)19-36-16-14-21(15-17-36)31-27-33-26(30-20-9-7-5-6-8-10-20)34-28(35-27)32-22-12-13-25(38-2)24(29)18-22/h12-13,18,20-21H,3-11,14-17,19H2,1-2H3,(H3,30,31,32,33,34,35). The van der Waals surface area contributed by atoms with E-state index in [1.165, 1.54) is 38.9 Å². The van der Waals surface area contributed by atoms with Crippen molar-refractivity contribution in [2.75, 3.05) is 42.7 Å². The van der Waals surface area contributed by atoms with E-state index in [1.54, 1.807) is 12.1 Å². The van der Waals surface area contributed by atoms with E-state index in [9.17, 15) is 9.18 Å². The van der Waals surface area contributed by atoms with Gasteiger partial charge in [-0.1, -0.05) is 39.0 Å². The van der Waals surface area contributed by atoms with Crippen LogP contribution in [0.5, 0.6) is 5.75 Å². The van der Waals surface area contributed by atoms with E-state index in [0.29, 0.717) is 48.3 Å². The van der Waals surface area contributed by atoms with Gasteiger partial charge in [0.15, 0.2) is 11.6 Å². The number of Topliss-reactive ketones (excluding diaryl/α,β-unsaturated/α-hetero) is 1. The van der Waals surface area contributed by atoms with Gasteiger partial charge in [-0.2, -0.15) is 15.0 Å². The average Bonchev–Trinajstić information content (AvgIpc) is 3.17. The molecule has 2 aromatic rings. The molecule has 2 fully saturated rings. The van der Waals surface area contributed by atoms with Crippen LogP contribution in [0.3, 0.4) is 0 Å². The normalized spacial score (nSPS) is 17.6. The Morgan fingerprint density at radius 2 is 1.61 bits per heavy atom. The zero-order valence-electron chi connectivity index (χ0n) is 22.8. The van der Waals surface area contributed by atoms with E-state index in [2.05, 4.69) is 37.7 Å². The number of carbonyl (C=O) groups is 1. The molecule has 0 bridgehead atoms. The molecule has 10 heteroatoms. The lowest BCUT2D eigenvalue weighted by molar-refractivity contribution is -0.120. The number of hydrogen-bond acceptors (Lipinski definition) is 9. The van der Waals surface area contributed by atoms with E-state index < -0.39 is 5.82 Å². The molecular weight excluding hydrogens is 485 g/mol. The van der Waals surface area contributed by atoms with E-state index in [4.69, 9.17) is 9.72 Å². The third-order valence-corrected chi connectivity index (χ3v) is 7.36. The van der Waals surface area contributed by atoms with Crippen molar-refractivity contribution in [2.24, 2.45) is 0 Å². The van der Waals surface area contributed by atoms with Crippen molar-refractivity contribution in [1.82, 2.24) is 19.9 Å². The van der Waals surface area contributed by atoms with Crippen molar-refractivity contribution in [2.45, 2.75) is 89.6 Å². The number of nitrogens with zero attached hydrogens (tertiary/aromatic N) is 4. The Hall–Kier alpha value is -3.01. The molecule has 38 heavy (non-hydrogen) atoms. The maximum Gasteiger partial charge on any atom is 0.233 e. The van der Waals surface area contributed by atoms with Gasteiger partial charge in [0.05, 0.1) is 13.7 Å². The summed E-state index contributed by atoms with van der Waals surface area (Å²) >= 11 is 0. The van der Waals surface area contributed by atoms with Crippen LogP contribution in [0, 0.1) is 5.82 Å². The van der Waals surface area contributed by atoms with Crippen molar-refractivity contribution in [3.63, 3.8) is 0 Å². The van der Waals surface area contributed by atoms with Gasteiger partial charge in [0, 0.05) is 43.3 Å². The van der Waals surface area contributed by atoms with Gasteiger partial charge in [0.25, 0.3) is 0 Å². The number of ketones is 1. The van der Waals surface area contributed by atoms with Crippen LogP contribution in [0.25, 0.3) is 0 Å². The largest absolute Gasteiger partial charge is 0.494 e. The second kappa shape index (κ2) is 14.2. The summed E-state index contributed by atoms with van der Waals surface area (Å²) in [4.78, 5) is 28.3. The van der Waals surface area contributed by atoms with Crippen LogP contribution in [0.2, 0.25) is 0 Å². The Bertz CT molecular complexity index is 1040. The highest BCUT2D eigenvalue weighted by Crippen LogP contribution is 2.25. The number of halogens is 1. The number of aromatic nitrogens is 3. The predicted octanol–water partition coefficient (Wildman–Crippen LogP) is 5.53. The van der Waals surface area contributed by atoms with Gasteiger partial charge < -0.3 is 20.7 Å². The van der Waals surface area contributed by atoms with E-state index >= 15 is 0 Å². The highest BCUT2D eigenvalue weighted by atomic mass is 19.1. The van der Waals surface area contributed by atoms with Crippen LogP contribution < -0.4 is 20.7 Å². The highest BCUT2D eigenvalue weighted by molar-refractivity contribution is 5.80. The molecule has 0 spiro atoms. The van der Waals surface area contributed by atoms with Gasteiger partial charge in [0.2, 0.25) is 17.8 Å². The minimum absolute atomic E-state index is 0.183. The molecule has 208 valence electrons. The molecule has 0 atom stereocenters. The fraction of sp³-hybridized carbons (Fsp3) is 0.643. The molecule has 1 aliphatic carbocycles. The second-order valence-corrected chi connectivity index (χ2v) is 10.5. The quantitative estimate of drug-likeness (QED) is 0.307. The van der Waals surface area contributed by atoms with Gasteiger partial charge >= 0.3 is 0 Å². The number of piperidine rings is 1. The monoisotopic (exact) mass is 527 g/mol. The zero-order chi connectivity index (χ0) is 26.7. The SMILES string of the molecule is CCCCC(=O)CN1CCC(Nc2nc(Nc3ccc(OC)c(F)c3)nc(NC3CCCCCC3)n2)CC1. The molecule has 1 saturated carbocycles. The molecule has 1 aromatic heterocycles. The number of methoxy groups -OCH3 is 1. The Morgan fingerprint density at radius 3 is 2.21 bits per heavy atom. The molecule has 1 saturated heterocycles. The lowest BCUT2D eigenvalue weighted by atomic mass is 10.0. The first-order chi connectivity index (χ1) is 18.5. The molecule has 9 nitrogen and oxygen atoms in total. The maximum atomic E-state index is 14.3. The molecule has 0 amide bonds. The molecule has 3 N–H and O–H groups in total. The Labute approximate surface area is 225 Å². The van der Waals surface area contributed by atoms with Crippen LogP contribution in [0.4, 0.5) is 27.9 Å². The molecule has 0 radical (unpaired) electrons. The van der Waals surface area contributed by atoms with Gasteiger partial charge in [0.1, 0.15) is 5.78 Å². The number of unbranched alkanes of at least 4 members (excludes halogenated alkanes) is 1. The minimum atomic E-state index is -0.457. The van der Waals surface area contributed by atoms with E-state index in [0.717, 1.165) is 51.6 Å². The van der Waals surface area contributed by atoms with Crippen LogP contribution >= 0.6 is 0 Å². The number of anilines is 4. The number of likely N-dealkylation sites (tertiary alicyclic amines) is 1. The van der Waals surface area contributed by atoms with Crippen LogP contribution in [-0.4, -0.2) is 64.5 Å². The third-order valence-electron chi connectivity index (χ3n) is 7.36. The summed E-state index contributed by atoms with van der Waals surface area (Å²) in [6, 6.07) is 5.20. The summed E-state index contributed by atoms with van der Waals surface area (Å²) < 4.78 is 19.3. The number of benzene rings is 1. The van der Waals surface area contributed by atoms with Crippen molar-refractivity contribution in [3.8, 4) is 5.75 Å². The van der Waals surface area contributed by atoms with Gasteiger partial charge in [-0.05, 0) is 44.2 Å². The first-order valence-corrected chi connectivity index (χ1v) is 14.2. The third kappa shape index (κ3) is 8.51. The van der Waals surface area contributed by atoms with Crippen molar-refractivity contribution >= 4 is 29.3 Å². The van der Waals surface area contributed by atoms with Gasteiger partial charge in [-0.25, -0.2) is 4.39 Å². The summed E-state index contributed by atoms with van der Waals surface area (Å²) in [7, 11) is 1.44. The topological polar surface area (TPSA) is 104 Å². The number of rotatable bonds is 12. The van der Waals surface area contributed by atoms with Crippen LogP contribution in [0.1, 0.15) is 77.6 Å². The fourth-order valence-corrected chi connectivity index (χ4v) is 5.16. The number of ether oxygens (including phenoxy) is 1. The van der Waals surface area contributed by atoms with Crippen molar-refractivity contribution in [1.29, 1.82) is 0 Å². The van der Waals surface area contributed by atoms with Crippen LogP contribution in [-0.2, 0) is 4.79 Å². The summed E-state index contributed by atoms with van der Waals surface area (Å²) in [5, 5.41) is 10.1. The van der Waals surface area contributed by atoms with E-state index in [1.807, 2.05) is 0 Å². The van der Waals surface area contributed by atoms with Crippen LogP contribution in [0.15, 0.2) is 18.2 Å². The minimum Gasteiger partial charge on any atom is -0.494 e. The highest BCUT2D eigenvalue weighted by Gasteiger charge is 2.22. The molecular formula is C28H42FN7O2. The Balaban J connectivity index is 1.43. The molecule has 0 unspecified atom stereocenters. The molecule has 2 aliphatic rings. The molecule has 1 aromatic carbocycles. The summed E-state index contributed by atoms with van der Waals surface area (Å²) in [6.07, 6.45) is 11.6. The number of hydrogen-bond donors (Lipinski definition) is 3.